The number of carbonyl (C=O) groups is 1. The molecule has 0 unspecified atom stereocenters. The minimum atomic E-state index is -3.81. The van der Waals surface area contributed by atoms with Crippen molar-refractivity contribution in [3.8, 4) is 0 Å². The first-order valence-electron chi connectivity index (χ1n) is 6.12. The number of hydrogen-bond acceptors (Lipinski definition) is 5. The Morgan fingerprint density at radius 3 is 2.45 bits per heavy atom. The van der Waals surface area contributed by atoms with Gasteiger partial charge in [-0.25, -0.2) is 8.42 Å². The van der Waals surface area contributed by atoms with E-state index >= 15 is 0 Å². The first-order valence-corrected chi connectivity index (χ1v) is 7.60. The van der Waals surface area contributed by atoms with Crippen LogP contribution in [0.15, 0.2) is 29.2 Å². The third-order valence-corrected chi connectivity index (χ3v) is 3.80. The van der Waals surface area contributed by atoms with E-state index in [1.54, 1.807) is 26.8 Å². The highest BCUT2D eigenvalue weighted by Gasteiger charge is 2.26. The summed E-state index contributed by atoms with van der Waals surface area (Å²) in [5.41, 5.74) is 5.20. The average molecular weight is 300 g/mol. The van der Waals surface area contributed by atoms with Crippen molar-refractivity contribution in [2.75, 3.05) is 5.73 Å². The number of rotatable bonds is 4. The van der Waals surface area contributed by atoms with Crippen molar-refractivity contribution >= 4 is 21.7 Å². The van der Waals surface area contributed by atoms with Crippen LogP contribution in [-0.4, -0.2) is 26.0 Å². The molecule has 3 N–H and O–H groups in total. The Morgan fingerprint density at radius 2 is 1.95 bits per heavy atom. The van der Waals surface area contributed by atoms with Gasteiger partial charge in [0.05, 0.1) is 4.90 Å². The van der Waals surface area contributed by atoms with Crippen molar-refractivity contribution in [3.05, 3.63) is 24.3 Å². The molecule has 0 saturated carbocycles. The summed E-state index contributed by atoms with van der Waals surface area (Å²) in [6.07, 6.45) is 0. The number of nitrogens with two attached hydrogens (primary N) is 1. The lowest BCUT2D eigenvalue weighted by Crippen LogP contribution is -2.42. The highest BCUT2D eigenvalue weighted by Crippen LogP contribution is 2.14. The molecule has 0 radical (unpaired) electrons. The molecule has 0 bridgehead atoms. The van der Waals surface area contributed by atoms with Crippen LogP contribution in [0.25, 0.3) is 0 Å². The van der Waals surface area contributed by atoms with Gasteiger partial charge >= 0.3 is 5.97 Å². The van der Waals surface area contributed by atoms with Crippen LogP contribution in [0.5, 0.6) is 0 Å². The molecule has 1 rings (SSSR count). The Labute approximate surface area is 119 Å². The number of ether oxygens (including phenoxy) is 1. The summed E-state index contributed by atoms with van der Waals surface area (Å²) in [4.78, 5) is 11.8. The quantitative estimate of drug-likeness (QED) is 0.644. The third-order valence-electron chi connectivity index (χ3n) is 2.26. The van der Waals surface area contributed by atoms with Gasteiger partial charge in [-0.1, -0.05) is 6.07 Å². The monoisotopic (exact) mass is 300 g/mol. The average Bonchev–Trinajstić information content (AvgIpc) is 2.26. The van der Waals surface area contributed by atoms with Crippen LogP contribution in [0.4, 0.5) is 5.69 Å². The van der Waals surface area contributed by atoms with Gasteiger partial charge in [0.25, 0.3) is 0 Å². The molecule has 20 heavy (non-hydrogen) atoms. The standard InChI is InChI=1S/C13H20N2O4S/c1-9(12(16)19-13(2,3)4)15-20(17,18)11-7-5-6-10(14)8-11/h5-9,15H,14H2,1-4H3/t9-/m0/s1. The van der Waals surface area contributed by atoms with Gasteiger partial charge in [-0.05, 0) is 45.9 Å². The van der Waals surface area contributed by atoms with Crippen LogP contribution >= 0.6 is 0 Å². The van der Waals surface area contributed by atoms with Gasteiger partial charge in [0.15, 0.2) is 0 Å². The second-order valence-corrected chi connectivity index (χ2v) is 7.16. The Hall–Kier alpha value is -1.60. The van der Waals surface area contributed by atoms with E-state index in [2.05, 4.69) is 4.72 Å². The van der Waals surface area contributed by atoms with Gasteiger partial charge in [-0.2, -0.15) is 4.72 Å². The van der Waals surface area contributed by atoms with E-state index in [1.165, 1.54) is 25.1 Å². The summed E-state index contributed by atoms with van der Waals surface area (Å²) in [6.45, 7) is 6.57. The predicted molar refractivity (Wildman–Crippen MR) is 76.5 cm³/mol. The fourth-order valence-corrected chi connectivity index (χ4v) is 2.67. The number of nitrogens with one attached hydrogen (secondary N) is 1. The van der Waals surface area contributed by atoms with E-state index in [9.17, 15) is 13.2 Å². The molecule has 7 heteroatoms. The van der Waals surface area contributed by atoms with E-state index in [1.807, 2.05) is 0 Å². The Balaban J connectivity index is 2.84. The van der Waals surface area contributed by atoms with Crippen LogP contribution in [0.2, 0.25) is 0 Å². The Bertz CT molecular complexity index is 591. The molecule has 0 amide bonds. The number of sulfonamides is 1. The van der Waals surface area contributed by atoms with Crippen LogP contribution in [0.1, 0.15) is 27.7 Å². The lowest BCUT2D eigenvalue weighted by Gasteiger charge is -2.22. The van der Waals surface area contributed by atoms with Crippen molar-refractivity contribution in [1.29, 1.82) is 0 Å². The molecule has 0 spiro atoms. The zero-order valence-corrected chi connectivity index (χ0v) is 12.8. The van der Waals surface area contributed by atoms with Crippen LogP contribution in [-0.2, 0) is 19.6 Å². The van der Waals surface area contributed by atoms with Crippen LogP contribution in [0.3, 0.4) is 0 Å². The molecule has 0 heterocycles. The summed E-state index contributed by atoms with van der Waals surface area (Å²) in [5.74, 6) is -0.634. The van der Waals surface area contributed by atoms with Crippen molar-refractivity contribution in [2.45, 2.75) is 44.2 Å². The van der Waals surface area contributed by atoms with E-state index in [4.69, 9.17) is 10.5 Å². The Kier molecular flexibility index (Phi) is 4.77. The highest BCUT2D eigenvalue weighted by atomic mass is 32.2. The molecular weight excluding hydrogens is 280 g/mol. The number of esters is 1. The molecule has 0 aliphatic carbocycles. The molecule has 0 aliphatic rings. The molecular formula is C13H20N2O4S. The van der Waals surface area contributed by atoms with Crippen LogP contribution in [0, 0.1) is 0 Å². The number of nitrogen functional groups attached to an aromatic ring is 1. The van der Waals surface area contributed by atoms with Gasteiger partial charge in [0, 0.05) is 5.69 Å². The molecule has 1 aromatic carbocycles. The molecule has 112 valence electrons. The largest absolute Gasteiger partial charge is 0.459 e. The topological polar surface area (TPSA) is 98.5 Å². The molecule has 6 nitrogen and oxygen atoms in total. The van der Waals surface area contributed by atoms with Crippen molar-refractivity contribution in [1.82, 2.24) is 4.72 Å². The smallest absolute Gasteiger partial charge is 0.324 e. The number of hydrogen-bond donors (Lipinski definition) is 2. The van der Waals surface area contributed by atoms with E-state index in [0.29, 0.717) is 5.69 Å². The van der Waals surface area contributed by atoms with Crippen LogP contribution < -0.4 is 10.5 Å². The lowest BCUT2D eigenvalue weighted by atomic mass is 10.2. The summed E-state index contributed by atoms with van der Waals surface area (Å²) in [6, 6.07) is 4.85. The molecule has 0 aliphatic heterocycles. The fraction of sp³-hybridized carbons (Fsp3) is 0.462. The fourth-order valence-electron chi connectivity index (χ4n) is 1.42. The van der Waals surface area contributed by atoms with E-state index < -0.39 is 27.6 Å². The SMILES string of the molecule is C[C@H](NS(=O)(=O)c1cccc(N)c1)C(=O)OC(C)(C)C. The summed E-state index contributed by atoms with van der Waals surface area (Å²) < 4.78 is 31.6. The van der Waals surface area contributed by atoms with Gasteiger partial charge < -0.3 is 10.5 Å². The summed E-state index contributed by atoms with van der Waals surface area (Å²) >= 11 is 0. The molecule has 0 aromatic heterocycles. The minimum Gasteiger partial charge on any atom is -0.459 e. The predicted octanol–water partition coefficient (Wildman–Crippen LogP) is 1.28. The minimum absolute atomic E-state index is 0.00732. The van der Waals surface area contributed by atoms with Crippen molar-refractivity contribution < 1.29 is 17.9 Å². The Morgan fingerprint density at radius 1 is 1.35 bits per heavy atom. The number of anilines is 1. The van der Waals surface area contributed by atoms with Crippen molar-refractivity contribution in [2.24, 2.45) is 0 Å². The first kappa shape index (κ1) is 16.5. The van der Waals surface area contributed by atoms with Gasteiger partial charge in [0.2, 0.25) is 10.0 Å². The maximum Gasteiger partial charge on any atom is 0.324 e. The maximum atomic E-state index is 12.1. The lowest BCUT2D eigenvalue weighted by molar-refractivity contribution is -0.156. The zero-order valence-electron chi connectivity index (χ0n) is 12.0. The molecule has 0 fully saturated rings. The second-order valence-electron chi connectivity index (χ2n) is 5.45. The number of benzene rings is 1. The maximum absolute atomic E-state index is 12.1. The number of carbonyl (C=O) groups excluding carboxylic acids is 1. The molecule has 1 aromatic rings. The zero-order chi connectivity index (χ0) is 15.6. The van der Waals surface area contributed by atoms with Crippen molar-refractivity contribution in [3.63, 3.8) is 0 Å². The third kappa shape index (κ3) is 4.82. The summed E-state index contributed by atoms with van der Waals surface area (Å²) in [5, 5.41) is 0. The first-order chi connectivity index (χ1) is 9.01. The van der Waals surface area contributed by atoms with E-state index in [-0.39, 0.29) is 4.90 Å². The van der Waals surface area contributed by atoms with Gasteiger partial charge in [0.1, 0.15) is 11.6 Å². The molecule has 0 saturated heterocycles. The molecule has 1 atom stereocenters. The highest BCUT2D eigenvalue weighted by molar-refractivity contribution is 7.89. The van der Waals surface area contributed by atoms with Gasteiger partial charge in [-0.3, -0.25) is 4.79 Å². The normalized spacial score (nSPS) is 13.8. The second kappa shape index (κ2) is 5.80. The summed E-state index contributed by atoms with van der Waals surface area (Å²) in [7, 11) is -3.81. The van der Waals surface area contributed by atoms with E-state index in [0.717, 1.165) is 0 Å². The van der Waals surface area contributed by atoms with Gasteiger partial charge in [-0.15, -0.1) is 0 Å².